The van der Waals surface area contributed by atoms with Crippen LogP contribution < -0.4 is 10.2 Å². The molecule has 1 atom stereocenters. The van der Waals surface area contributed by atoms with E-state index in [1.165, 1.54) is 17.0 Å². The third-order valence-electron chi connectivity index (χ3n) is 2.91. The molecule has 2 rings (SSSR count). The van der Waals surface area contributed by atoms with Crippen LogP contribution in [0.3, 0.4) is 0 Å². The number of hydrogen-bond donors (Lipinski definition) is 2. The van der Waals surface area contributed by atoms with Crippen LogP contribution in [0.1, 0.15) is 5.56 Å². The number of aliphatic carboxylic acids is 1. The third kappa shape index (κ3) is 2.26. The van der Waals surface area contributed by atoms with Gasteiger partial charge in [0.2, 0.25) is 0 Å². The summed E-state index contributed by atoms with van der Waals surface area (Å²) >= 11 is 0. The predicted octanol–water partition coefficient (Wildman–Crippen LogP) is 0.560. The molecule has 0 saturated carbocycles. The number of nitriles is 1. The van der Waals surface area contributed by atoms with Crippen LogP contribution in [-0.4, -0.2) is 36.8 Å². The van der Waals surface area contributed by atoms with Crippen molar-refractivity contribution in [3.63, 3.8) is 0 Å². The Morgan fingerprint density at radius 1 is 1.61 bits per heavy atom. The quantitative estimate of drug-likeness (QED) is 0.801. The molecule has 1 saturated heterocycles. The lowest BCUT2D eigenvalue weighted by atomic mass is 10.1. The Morgan fingerprint density at radius 3 is 3.00 bits per heavy atom. The Morgan fingerprint density at radius 2 is 2.39 bits per heavy atom. The molecule has 94 valence electrons. The molecule has 18 heavy (non-hydrogen) atoms. The highest BCUT2D eigenvalue weighted by molar-refractivity contribution is 5.79. The van der Waals surface area contributed by atoms with Gasteiger partial charge >= 0.3 is 5.97 Å². The molecule has 0 bridgehead atoms. The Hall–Kier alpha value is -2.13. The fourth-order valence-corrected chi connectivity index (χ4v) is 2.02. The number of benzene rings is 1. The number of halogens is 1. The van der Waals surface area contributed by atoms with E-state index in [1.807, 2.05) is 6.07 Å². The van der Waals surface area contributed by atoms with E-state index in [2.05, 4.69) is 5.32 Å². The first-order chi connectivity index (χ1) is 8.63. The summed E-state index contributed by atoms with van der Waals surface area (Å²) < 4.78 is 13.9. The number of piperazine rings is 1. The zero-order valence-electron chi connectivity index (χ0n) is 9.56. The lowest BCUT2D eigenvalue weighted by Gasteiger charge is -2.35. The van der Waals surface area contributed by atoms with Gasteiger partial charge in [-0.3, -0.25) is 0 Å². The lowest BCUT2D eigenvalue weighted by Crippen LogP contribution is -2.55. The van der Waals surface area contributed by atoms with Crippen molar-refractivity contribution in [2.45, 2.75) is 6.04 Å². The first-order valence-electron chi connectivity index (χ1n) is 5.53. The van der Waals surface area contributed by atoms with Crippen molar-refractivity contribution in [1.29, 1.82) is 5.26 Å². The Balaban J connectivity index is 2.34. The Kier molecular flexibility index (Phi) is 3.44. The second-order valence-corrected chi connectivity index (χ2v) is 4.03. The molecule has 1 aliphatic rings. The minimum atomic E-state index is -0.994. The van der Waals surface area contributed by atoms with Gasteiger partial charge in [0.25, 0.3) is 0 Å². The number of anilines is 1. The number of carboxylic acids is 1. The molecule has 0 aliphatic carbocycles. The van der Waals surface area contributed by atoms with E-state index in [1.54, 1.807) is 0 Å². The van der Waals surface area contributed by atoms with Crippen LogP contribution in [0.25, 0.3) is 0 Å². The van der Waals surface area contributed by atoms with Gasteiger partial charge in [0.15, 0.2) is 0 Å². The molecular formula is C12H12FN3O2. The number of carbonyl (C=O) groups is 1. The van der Waals surface area contributed by atoms with E-state index in [9.17, 15) is 9.18 Å². The average molecular weight is 249 g/mol. The molecule has 1 fully saturated rings. The molecule has 0 spiro atoms. The molecule has 0 radical (unpaired) electrons. The summed E-state index contributed by atoms with van der Waals surface area (Å²) in [6.45, 7) is 1.29. The monoisotopic (exact) mass is 249 g/mol. The van der Waals surface area contributed by atoms with E-state index >= 15 is 0 Å². The predicted molar refractivity (Wildman–Crippen MR) is 62.8 cm³/mol. The van der Waals surface area contributed by atoms with Crippen molar-refractivity contribution in [1.82, 2.24) is 5.32 Å². The van der Waals surface area contributed by atoms with Crippen molar-refractivity contribution in [2.75, 3.05) is 24.5 Å². The van der Waals surface area contributed by atoms with E-state index in [0.717, 1.165) is 6.07 Å². The summed E-state index contributed by atoms with van der Waals surface area (Å²) in [6.07, 6.45) is 0. The molecule has 1 aromatic rings. The SMILES string of the molecule is N#Cc1ccc(N2CCNCC2C(=O)O)c(F)c1. The van der Waals surface area contributed by atoms with Crippen molar-refractivity contribution in [2.24, 2.45) is 0 Å². The summed E-state index contributed by atoms with van der Waals surface area (Å²) in [6, 6.07) is 5.11. The van der Waals surface area contributed by atoms with E-state index < -0.39 is 17.8 Å². The zero-order chi connectivity index (χ0) is 13.1. The van der Waals surface area contributed by atoms with Gasteiger partial charge in [-0.1, -0.05) is 0 Å². The summed E-state index contributed by atoms with van der Waals surface area (Å²) in [5, 5.41) is 20.7. The minimum absolute atomic E-state index is 0.221. The maximum absolute atomic E-state index is 13.9. The molecule has 1 aliphatic heterocycles. The number of nitrogens with one attached hydrogen (secondary N) is 1. The molecular weight excluding hydrogens is 237 g/mol. The van der Waals surface area contributed by atoms with Crippen LogP contribution >= 0.6 is 0 Å². The van der Waals surface area contributed by atoms with Crippen molar-refractivity contribution < 1.29 is 14.3 Å². The van der Waals surface area contributed by atoms with Gasteiger partial charge in [0.1, 0.15) is 11.9 Å². The first kappa shape index (κ1) is 12.3. The summed E-state index contributed by atoms with van der Waals surface area (Å²) in [5.74, 6) is -1.56. The highest BCUT2D eigenvalue weighted by atomic mass is 19.1. The lowest BCUT2D eigenvalue weighted by molar-refractivity contribution is -0.138. The van der Waals surface area contributed by atoms with Crippen LogP contribution in [0.4, 0.5) is 10.1 Å². The molecule has 1 heterocycles. The number of rotatable bonds is 2. The van der Waals surface area contributed by atoms with E-state index in [4.69, 9.17) is 10.4 Å². The second-order valence-electron chi connectivity index (χ2n) is 4.03. The topological polar surface area (TPSA) is 76.4 Å². The minimum Gasteiger partial charge on any atom is -0.480 e. The normalized spacial score (nSPS) is 19.3. The highest BCUT2D eigenvalue weighted by Gasteiger charge is 2.29. The van der Waals surface area contributed by atoms with E-state index in [-0.39, 0.29) is 17.8 Å². The van der Waals surface area contributed by atoms with Gasteiger partial charge in [-0.2, -0.15) is 5.26 Å². The van der Waals surface area contributed by atoms with Gasteiger partial charge in [-0.05, 0) is 18.2 Å². The van der Waals surface area contributed by atoms with Gasteiger partial charge in [-0.15, -0.1) is 0 Å². The molecule has 2 N–H and O–H groups in total. The van der Waals surface area contributed by atoms with Crippen LogP contribution in [0, 0.1) is 17.1 Å². The van der Waals surface area contributed by atoms with Crippen molar-refractivity contribution in [3.8, 4) is 6.07 Å². The van der Waals surface area contributed by atoms with Gasteiger partial charge in [0, 0.05) is 19.6 Å². The smallest absolute Gasteiger partial charge is 0.327 e. The standard InChI is InChI=1S/C12H12FN3O2/c13-9-5-8(6-14)1-2-10(9)16-4-3-15-7-11(16)12(17)18/h1-2,5,11,15H,3-4,7H2,(H,17,18). The molecule has 1 unspecified atom stereocenters. The largest absolute Gasteiger partial charge is 0.480 e. The molecule has 1 aromatic carbocycles. The average Bonchev–Trinajstić information content (AvgIpc) is 2.38. The summed E-state index contributed by atoms with van der Waals surface area (Å²) in [4.78, 5) is 12.6. The van der Waals surface area contributed by atoms with Crippen molar-refractivity contribution in [3.05, 3.63) is 29.6 Å². The maximum atomic E-state index is 13.9. The van der Waals surface area contributed by atoms with Crippen LogP contribution in [0.5, 0.6) is 0 Å². The summed E-state index contributed by atoms with van der Waals surface area (Å²) in [5.41, 5.74) is 0.446. The van der Waals surface area contributed by atoms with Crippen LogP contribution in [-0.2, 0) is 4.79 Å². The molecule has 6 heteroatoms. The number of carboxylic acid groups (broad SMARTS) is 1. The zero-order valence-corrected chi connectivity index (χ0v) is 9.56. The molecule has 0 amide bonds. The highest BCUT2D eigenvalue weighted by Crippen LogP contribution is 2.23. The van der Waals surface area contributed by atoms with Crippen LogP contribution in [0.2, 0.25) is 0 Å². The Bertz CT molecular complexity index is 513. The first-order valence-corrected chi connectivity index (χ1v) is 5.53. The fraction of sp³-hybridized carbons (Fsp3) is 0.333. The third-order valence-corrected chi connectivity index (χ3v) is 2.91. The maximum Gasteiger partial charge on any atom is 0.327 e. The molecule has 5 nitrogen and oxygen atoms in total. The van der Waals surface area contributed by atoms with Gasteiger partial charge < -0.3 is 15.3 Å². The van der Waals surface area contributed by atoms with E-state index in [0.29, 0.717) is 13.1 Å². The Labute approximate surface area is 103 Å². The molecule has 0 aromatic heterocycles. The van der Waals surface area contributed by atoms with Crippen molar-refractivity contribution >= 4 is 11.7 Å². The number of hydrogen-bond acceptors (Lipinski definition) is 4. The fourth-order valence-electron chi connectivity index (χ4n) is 2.02. The van der Waals surface area contributed by atoms with Crippen LogP contribution in [0.15, 0.2) is 18.2 Å². The second kappa shape index (κ2) is 5.02. The number of nitrogens with zero attached hydrogens (tertiary/aromatic N) is 2. The van der Waals surface area contributed by atoms with Gasteiger partial charge in [0.05, 0.1) is 17.3 Å². The summed E-state index contributed by atoms with van der Waals surface area (Å²) in [7, 11) is 0. The van der Waals surface area contributed by atoms with Gasteiger partial charge in [-0.25, -0.2) is 9.18 Å².